The summed E-state index contributed by atoms with van der Waals surface area (Å²) in [6.45, 7) is 2.63. The van der Waals surface area contributed by atoms with Crippen LogP contribution < -0.4 is 4.90 Å². The van der Waals surface area contributed by atoms with Crippen LogP contribution in [0.3, 0.4) is 0 Å². The van der Waals surface area contributed by atoms with Crippen LogP contribution in [0, 0.1) is 5.92 Å². The van der Waals surface area contributed by atoms with E-state index in [1.54, 1.807) is 30.0 Å². The standard InChI is InChI=1S/C14H16ClNO3S/c1-2-19-14(18)11-6-10(3-4-12(11)15)16-7-9(8-20)5-13(16)17/h3-4,6,9,20H,2,5,7-8H2,1H3. The Balaban J connectivity index is 2.28. The highest BCUT2D eigenvalue weighted by molar-refractivity contribution is 7.80. The van der Waals surface area contributed by atoms with Gasteiger partial charge in [0.1, 0.15) is 0 Å². The molecule has 1 fully saturated rings. The fourth-order valence-corrected chi connectivity index (χ4v) is 2.64. The summed E-state index contributed by atoms with van der Waals surface area (Å²) in [7, 11) is 0. The molecular weight excluding hydrogens is 298 g/mol. The molecule has 20 heavy (non-hydrogen) atoms. The summed E-state index contributed by atoms with van der Waals surface area (Å²) in [6.07, 6.45) is 0.487. The first-order valence-electron chi connectivity index (χ1n) is 6.44. The van der Waals surface area contributed by atoms with Crippen LogP contribution in [0.4, 0.5) is 5.69 Å². The van der Waals surface area contributed by atoms with Crippen molar-refractivity contribution in [2.45, 2.75) is 13.3 Å². The summed E-state index contributed by atoms with van der Waals surface area (Å²) in [5.41, 5.74) is 0.958. The SMILES string of the molecule is CCOC(=O)c1cc(N2CC(CS)CC2=O)ccc1Cl. The molecule has 1 amide bonds. The van der Waals surface area contributed by atoms with Crippen molar-refractivity contribution in [2.24, 2.45) is 5.92 Å². The fraction of sp³-hybridized carbons (Fsp3) is 0.429. The highest BCUT2D eigenvalue weighted by atomic mass is 35.5. The van der Waals surface area contributed by atoms with Crippen LogP contribution in [-0.4, -0.2) is 30.8 Å². The smallest absolute Gasteiger partial charge is 0.339 e. The van der Waals surface area contributed by atoms with Crippen LogP contribution in [0.1, 0.15) is 23.7 Å². The van der Waals surface area contributed by atoms with Gasteiger partial charge in [0, 0.05) is 18.7 Å². The van der Waals surface area contributed by atoms with E-state index in [4.69, 9.17) is 16.3 Å². The van der Waals surface area contributed by atoms with Gasteiger partial charge in [0.2, 0.25) is 5.91 Å². The van der Waals surface area contributed by atoms with Crippen LogP contribution in [0.2, 0.25) is 5.02 Å². The summed E-state index contributed by atoms with van der Waals surface area (Å²) in [6, 6.07) is 4.97. The fourth-order valence-electron chi connectivity index (χ4n) is 2.20. The Hall–Kier alpha value is -1.20. The van der Waals surface area contributed by atoms with E-state index >= 15 is 0 Å². The minimum absolute atomic E-state index is 0.0428. The molecule has 1 saturated heterocycles. The average molecular weight is 314 g/mol. The molecule has 108 valence electrons. The number of rotatable bonds is 4. The van der Waals surface area contributed by atoms with Crippen LogP contribution >= 0.6 is 24.2 Å². The molecule has 0 bridgehead atoms. The number of halogens is 1. The van der Waals surface area contributed by atoms with E-state index in [1.807, 2.05) is 0 Å². The molecule has 0 saturated carbocycles. The lowest BCUT2D eigenvalue weighted by molar-refractivity contribution is -0.117. The number of hydrogen-bond donors (Lipinski definition) is 1. The Morgan fingerprint density at radius 3 is 2.90 bits per heavy atom. The Labute approximate surface area is 128 Å². The highest BCUT2D eigenvalue weighted by Crippen LogP contribution is 2.29. The third-order valence-electron chi connectivity index (χ3n) is 3.22. The first-order chi connectivity index (χ1) is 9.56. The number of nitrogens with zero attached hydrogens (tertiary/aromatic N) is 1. The molecular formula is C14H16ClNO3S. The molecule has 1 aromatic rings. The Bertz CT molecular complexity index is 535. The summed E-state index contributed by atoms with van der Waals surface area (Å²) < 4.78 is 4.96. The Kier molecular flexibility index (Phi) is 4.94. The molecule has 1 aromatic carbocycles. The number of thiol groups is 1. The van der Waals surface area contributed by atoms with Crippen molar-refractivity contribution in [1.29, 1.82) is 0 Å². The van der Waals surface area contributed by atoms with E-state index in [9.17, 15) is 9.59 Å². The molecule has 2 rings (SSSR count). The average Bonchev–Trinajstić information content (AvgIpc) is 2.81. The van der Waals surface area contributed by atoms with Crippen molar-refractivity contribution in [2.75, 3.05) is 23.8 Å². The van der Waals surface area contributed by atoms with Crippen LogP contribution in [0.15, 0.2) is 18.2 Å². The Morgan fingerprint density at radius 1 is 1.55 bits per heavy atom. The van der Waals surface area contributed by atoms with Gasteiger partial charge in [-0.25, -0.2) is 4.79 Å². The summed E-state index contributed by atoms with van der Waals surface area (Å²) >= 11 is 10.2. The second kappa shape index (κ2) is 6.50. The monoisotopic (exact) mass is 313 g/mol. The molecule has 1 aliphatic heterocycles. The largest absolute Gasteiger partial charge is 0.462 e. The number of hydrogen-bond acceptors (Lipinski definition) is 4. The van der Waals surface area contributed by atoms with Gasteiger partial charge in [-0.1, -0.05) is 11.6 Å². The zero-order valence-corrected chi connectivity index (χ0v) is 12.8. The molecule has 6 heteroatoms. The zero-order chi connectivity index (χ0) is 14.7. The lowest BCUT2D eigenvalue weighted by Crippen LogP contribution is -2.25. The first-order valence-corrected chi connectivity index (χ1v) is 7.45. The predicted octanol–water partition coefficient (Wildman–Crippen LogP) is 2.80. The Morgan fingerprint density at radius 2 is 2.30 bits per heavy atom. The second-order valence-corrected chi connectivity index (χ2v) is 5.41. The maximum atomic E-state index is 12.0. The van der Waals surface area contributed by atoms with Crippen LogP contribution in [0.25, 0.3) is 0 Å². The van der Waals surface area contributed by atoms with E-state index in [2.05, 4.69) is 12.6 Å². The number of benzene rings is 1. The van der Waals surface area contributed by atoms with Crippen LogP contribution in [-0.2, 0) is 9.53 Å². The van der Waals surface area contributed by atoms with Crippen LogP contribution in [0.5, 0.6) is 0 Å². The topological polar surface area (TPSA) is 46.6 Å². The van der Waals surface area contributed by atoms with Gasteiger partial charge in [-0.15, -0.1) is 0 Å². The lowest BCUT2D eigenvalue weighted by Gasteiger charge is -2.17. The number of amides is 1. The third kappa shape index (κ3) is 3.10. The van der Waals surface area contributed by atoms with E-state index in [0.717, 1.165) is 0 Å². The molecule has 1 atom stereocenters. The molecule has 0 spiro atoms. The van der Waals surface area contributed by atoms with Crippen molar-refractivity contribution >= 4 is 41.8 Å². The van der Waals surface area contributed by atoms with Crippen molar-refractivity contribution < 1.29 is 14.3 Å². The molecule has 1 aliphatic rings. The van der Waals surface area contributed by atoms with Gasteiger partial charge in [-0.3, -0.25) is 4.79 Å². The quantitative estimate of drug-likeness (QED) is 0.687. The first kappa shape index (κ1) is 15.2. The number of carbonyl (C=O) groups excluding carboxylic acids is 2. The molecule has 0 radical (unpaired) electrons. The summed E-state index contributed by atoms with van der Waals surface area (Å²) in [4.78, 5) is 25.5. The second-order valence-electron chi connectivity index (χ2n) is 4.64. The van der Waals surface area contributed by atoms with Gasteiger partial charge in [-0.2, -0.15) is 12.6 Å². The van der Waals surface area contributed by atoms with E-state index in [-0.39, 0.29) is 24.0 Å². The van der Waals surface area contributed by atoms with E-state index in [1.165, 1.54) is 0 Å². The van der Waals surface area contributed by atoms with Gasteiger partial charge >= 0.3 is 5.97 Å². The minimum Gasteiger partial charge on any atom is -0.462 e. The third-order valence-corrected chi connectivity index (χ3v) is 4.07. The van der Waals surface area contributed by atoms with Gasteiger partial charge in [0.15, 0.2) is 0 Å². The van der Waals surface area contributed by atoms with Gasteiger partial charge in [0.25, 0.3) is 0 Å². The normalized spacial score (nSPS) is 18.4. The summed E-state index contributed by atoms with van der Waals surface area (Å²) in [5, 5.41) is 0.324. The number of esters is 1. The minimum atomic E-state index is -0.475. The van der Waals surface area contributed by atoms with Gasteiger partial charge in [0.05, 0.1) is 17.2 Å². The number of ether oxygens (including phenoxy) is 1. The van der Waals surface area contributed by atoms with Gasteiger partial charge < -0.3 is 9.64 Å². The number of carbonyl (C=O) groups is 2. The van der Waals surface area contributed by atoms with Crippen molar-refractivity contribution in [3.8, 4) is 0 Å². The summed E-state index contributed by atoms with van der Waals surface area (Å²) in [5.74, 6) is 0.478. The molecule has 1 unspecified atom stereocenters. The van der Waals surface area contributed by atoms with Crippen molar-refractivity contribution in [3.63, 3.8) is 0 Å². The molecule has 1 heterocycles. The maximum Gasteiger partial charge on any atom is 0.339 e. The number of anilines is 1. The predicted molar refractivity (Wildman–Crippen MR) is 81.7 cm³/mol. The molecule has 0 aromatic heterocycles. The molecule has 4 nitrogen and oxygen atoms in total. The van der Waals surface area contributed by atoms with Crippen molar-refractivity contribution in [3.05, 3.63) is 28.8 Å². The zero-order valence-electron chi connectivity index (χ0n) is 11.1. The van der Waals surface area contributed by atoms with Crippen molar-refractivity contribution in [1.82, 2.24) is 0 Å². The van der Waals surface area contributed by atoms with Gasteiger partial charge in [-0.05, 0) is 36.8 Å². The maximum absolute atomic E-state index is 12.0. The van der Waals surface area contributed by atoms with E-state index < -0.39 is 5.97 Å². The molecule has 0 aliphatic carbocycles. The molecule has 0 N–H and O–H groups in total. The lowest BCUT2D eigenvalue weighted by atomic mass is 10.1. The highest BCUT2D eigenvalue weighted by Gasteiger charge is 2.30. The van der Waals surface area contributed by atoms with E-state index in [0.29, 0.717) is 29.4 Å².